The minimum Gasteiger partial charge on any atom is -0.472 e. The van der Waals surface area contributed by atoms with E-state index in [0.29, 0.717) is 13.1 Å². The fourth-order valence-corrected chi connectivity index (χ4v) is 2.36. The van der Waals surface area contributed by atoms with E-state index in [1.54, 1.807) is 13.8 Å². The number of hydrogen-bond donors (Lipinski definition) is 1. The van der Waals surface area contributed by atoms with Gasteiger partial charge in [-0.1, -0.05) is 13.8 Å². The SMILES string of the molecule is CCN(CC)S(=O)(=O)NC(=O)c1ccoc1. The summed E-state index contributed by atoms with van der Waals surface area (Å²) in [4.78, 5) is 11.5. The van der Waals surface area contributed by atoms with Crippen LogP contribution in [0, 0.1) is 0 Å². The molecule has 0 aliphatic heterocycles. The molecular weight excluding hydrogens is 232 g/mol. The van der Waals surface area contributed by atoms with E-state index in [1.165, 1.54) is 18.6 Å². The quantitative estimate of drug-likeness (QED) is 0.824. The number of carbonyl (C=O) groups excluding carboxylic acids is 1. The Balaban J connectivity index is 2.77. The predicted octanol–water partition coefficient (Wildman–Crippen LogP) is 0.596. The lowest BCUT2D eigenvalue weighted by Gasteiger charge is -2.18. The van der Waals surface area contributed by atoms with Crippen molar-refractivity contribution in [1.29, 1.82) is 0 Å². The Hall–Kier alpha value is -1.34. The van der Waals surface area contributed by atoms with Gasteiger partial charge in [0.15, 0.2) is 0 Å². The maximum atomic E-state index is 11.7. The summed E-state index contributed by atoms with van der Waals surface area (Å²) in [6, 6.07) is 1.40. The van der Waals surface area contributed by atoms with Crippen LogP contribution < -0.4 is 4.72 Å². The number of carbonyl (C=O) groups is 1. The maximum Gasteiger partial charge on any atom is 0.304 e. The summed E-state index contributed by atoms with van der Waals surface area (Å²) in [6.45, 7) is 4.02. The molecule has 16 heavy (non-hydrogen) atoms. The highest BCUT2D eigenvalue weighted by atomic mass is 32.2. The lowest BCUT2D eigenvalue weighted by atomic mass is 10.3. The van der Waals surface area contributed by atoms with Gasteiger partial charge in [0.1, 0.15) is 6.26 Å². The molecule has 90 valence electrons. The molecule has 1 heterocycles. The van der Waals surface area contributed by atoms with Crippen LogP contribution in [0.15, 0.2) is 23.0 Å². The summed E-state index contributed by atoms with van der Waals surface area (Å²) < 4.78 is 31.1. The summed E-state index contributed by atoms with van der Waals surface area (Å²) in [5, 5.41) is 0. The lowest BCUT2D eigenvalue weighted by molar-refractivity contribution is 0.0978. The topological polar surface area (TPSA) is 79.6 Å². The van der Waals surface area contributed by atoms with Crippen molar-refractivity contribution in [1.82, 2.24) is 9.03 Å². The highest BCUT2D eigenvalue weighted by Gasteiger charge is 2.22. The molecule has 0 aromatic carbocycles. The van der Waals surface area contributed by atoms with Gasteiger partial charge in [-0.3, -0.25) is 4.79 Å². The van der Waals surface area contributed by atoms with E-state index in [2.05, 4.69) is 0 Å². The van der Waals surface area contributed by atoms with E-state index < -0.39 is 16.1 Å². The molecule has 0 fully saturated rings. The van der Waals surface area contributed by atoms with Gasteiger partial charge in [0.05, 0.1) is 11.8 Å². The average molecular weight is 246 g/mol. The Labute approximate surface area is 94.4 Å². The van der Waals surface area contributed by atoms with Crippen molar-refractivity contribution in [3.63, 3.8) is 0 Å². The number of nitrogens with zero attached hydrogens (tertiary/aromatic N) is 1. The molecule has 0 radical (unpaired) electrons. The maximum absolute atomic E-state index is 11.7. The van der Waals surface area contributed by atoms with Crippen LogP contribution in [0.5, 0.6) is 0 Å². The minimum atomic E-state index is -3.76. The van der Waals surface area contributed by atoms with E-state index in [1.807, 2.05) is 4.72 Å². The average Bonchev–Trinajstić information content (AvgIpc) is 2.70. The van der Waals surface area contributed by atoms with Gasteiger partial charge in [0.25, 0.3) is 5.91 Å². The third kappa shape index (κ3) is 2.83. The van der Waals surface area contributed by atoms with Crippen molar-refractivity contribution in [2.24, 2.45) is 0 Å². The molecule has 1 amide bonds. The Morgan fingerprint density at radius 3 is 2.50 bits per heavy atom. The Kier molecular flexibility index (Phi) is 4.08. The molecule has 1 aromatic rings. The van der Waals surface area contributed by atoms with Crippen LogP contribution >= 0.6 is 0 Å². The van der Waals surface area contributed by atoms with Gasteiger partial charge >= 0.3 is 10.2 Å². The Morgan fingerprint density at radius 1 is 1.44 bits per heavy atom. The first-order valence-corrected chi connectivity index (χ1v) is 6.29. The van der Waals surface area contributed by atoms with Crippen LogP contribution in [-0.4, -0.2) is 31.7 Å². The van der Waals surface area contributed by atoms with Crippen LogP contribution in [0.1, 0.15) is 24.2 Å². The minimum absolute atomic E-state index is 0.177. The van der Waals surface area contributed by atoms with Gasteiger partial charge in [-0.2, -0.15) is 12.7 Å². The van der Waals surface area contributed by atoms with E-state index in [-0.39, 0.29) is 5.56 Å². The summed E-state index contributed by atoms with van der Waals surface area (Å²) in [6.07, 6.45) is 2.49. The number of nitrogens with one attached hydrogen (secondary N) is 1. The van der Waals surface area contributed by atoms with E-state index in [0.717, 1.165) is 4.31 Å². The fourth-order valence-electron chi connectivity index (χ4n) is 1.20. The Morgan fingerprint density at radius 2 is 2.06 bits per heavy atom. The van der Waals surface area contributed by atoms with E-state index in [9.17, 15) is 13.2 Å². The zero-order chi connectivity index (χ0) is 12.2. The third-order valence-corrected chi connectivity index (χ3v) is 3.69. The number of hydrogen-bond acceptors (Lipinski definition) is 4. The summed E-state index contributed by atoms with van der Waals surface area (Å²) in [5.41, 5.74) is 0.177. The molecule has 1 N–H and O–H groups in total. The van der Waals surface area contributed by atoms with Crippen LogP contribution in [0.25, 0.3) is 0 Å². The van der Waals surface area contributed by atoms with Crippen molar-refractivity contribution < 1.29 is 17.6 Å². The van der Waals surface area contributed by atoms with Crippen molar-refractivity contribution in [2.75, 3.05) is 13.1 Å². The van der Waals surface area contributed by atoms with Crippen LogP contribution in [0.3, 0.4) is 0 Å². The fraction of sp³-hybridized carbons (Fsp3) is 0.444. The van der Waals surface area contributed by atoms with Crippen molar-refractivity contribution in [3.8, 4) is 0 Å². The normalized spacial score (nSPS) is 11.7. The predicted molar refractivity (Wildman–Crippen MR) is 58.0 cm³/mol. The second-order valence-electron chi connectivity index (χ2n) is 3.03. The van der Waals surface area contributed by atoms with Gasteiger partial charge in [-0.15, -0.1) is 0 Å². The summed E-state index contributed by atoms with van der Waals surface area (Å²) in [5.74, 6) is -0.694. The van der Waals surface area contributed by atoms with Gasteiger partial charge < -0.3 is 4.42 Å². The highest BCUT2D eigenvalue weighted by molar-refractivity contribution is 7.87. The number of amides is 1. The van der Waals surface area contributed by atoms with Gasteiger partial charge in [0, 0.05) is 13.1 Å². The molecule has 0 spiro atoms. The van der Waals surface area contributed by atoms with Crippen LogP contribution in [-0.2, 0) is 10.2 Å². The molecule has 6 nitrogen and oxygen atoms in total. The molecule has 7 heteroatoms. The second-order valence-corrected chi connectivity index (χ2v) is 4.70. The molecule has 0 saturated carbocycles. The Bertz CT molecular complexity index is 434. The van der Waals surface area contributed by atoms with Gasteiger partial charge in [-0.05, 0) is 6.07 Å². The summed E-state index contributed by atoms with van der Waals surface area (Å²) >= 11 is 0. The van der Waals surface area contributed by atoms with Crippen molar-refractivity contribution >= 4 is 16.1 Å². The molecule has 0 aliphatic rings. The molecule has 0 aliphatic carbocycles. The zero-order valence-electron chi connectivity index (χ0n) is 9.13. The first kappa shape index (κ1) is 12.7. The van der Waals surface area contributed by atoms with Crippen LogP contribution in [0.4, 0.5) is 0 Å². The molecular formula is C9H14N2O4S. The first-order valence-electron chi connectivity index (χ1n) is 4.85. The third-order valence-electron chi connectivity index (χ3n) is 2.05. The molecule has 0 unspecified atom stereocenters. The molecule has 1 aromatic heterocycles. The monoisotopic (exact) mass is 246 g/mol. The number of furan rings is 1. The van der Waals surface area contributed by atoms with E-state index >= 15 is 0 Å². The molecule has 0 saturated heterocycles. The first-order chi connectivity index (χ1) is 7.51. The van der Waals surface area contributed by atoms with Gasteiger partial charge in [0.2, 0.25) is 0 Å². The smallest absolute Gasteiger partial charge is 0.304 e. The standard InChI is InChI=1S/C9H14N2O4S/c1-3-11(4-2)16(13,14)10-9(12)8-5-6-15-7-8/h5-7H,3-4H2,1-2H3,(H,10,12). The molecule has 1 rings (SSSR count). The number of rotatable bonds is 5. The zero-order valence-corrected chi connectivity index (χ0v) is 9.95. The second kappa shape index (κ2) is 5.13. The molecule has 0 atom stereocenters. The van der Waals surface area contributed by atoms with Crippen LogP contribution in [0.2, 0.25) is 0 Å². The largest absolute Gasteiger partial charge is 0.472 e. The molecule has 0 bridgehead atoms. The lowest BCUT2D eigenvalue weighted by Crippen LogP contribution is -2.43. The van der Waals surface area contributed by atoms with Crippen molar-refractivity contribution in [2.45, 2.75) is 13.8 Å². The summed E-state index contributed by atoms with van der Waals surface area (Å²) in [7, 11) is -3.76. The van der Waals surface area contributed by atoms with E-state index in [4.69, 9.17) is 4.42 Å². The highest BCUT2D eigenvalue weighted by Crippen LogP contribution is 2.02. The van der Waals surface area contributed by atoms with Gasteiger partial charge in [-0.25, -0.2) is 4.72 Å². The van der Waals surface area contributed by atoms with Crippen molar-refractivity contribution in [3.05, 3.63) is 24.2 Å².